The van der Waals surface area contributed by atoms with Crippen LogP contribution in [0.3, 0.4) is 0 Å². The Hall–Kier alpha value is -2.08. The molecule has 0 aliphatic carbocycles. The van der Waals surface area contributed by atoms with Gasteiger partial charge >= 0.3 is 0 Å². The molecule has 4 heterocycles. The molecule has 6 heteroatoms. The van der Waals surface area contributed by atoms with Crippen LogP contribution >= 0.6 is 0 Å². The van der Waals surface area contributed by atoms with Crippen LogP contribution in [0.15, 0.2) is 22.5 Å². The Labute approximate surface area is 135 Å². The molecular weight excluding hydrogens is 292 g/mol. The van der Waals surface area contributed by atoms with Gasteiger partial charge in [-0.05, 0) is 26.7 Å². The maximum atomic E-state index is 5.47. The highest BCUT2D eigenvalue weighted by Crippen LogP contribution is 2.30. The molecule has 0 bridgehead atoms. The Balaban J connectivity index is 1.56. The summed E-state index contributed by atoms with van der Waals surface area (Å²) in [5.74, 6) is 2.54. The fraction of sp³-hybridized carbons (Fsp3) is 0.529. The average molecular weight is 314 g/mol. The Kier molecular flexibility index (Phi) is 3.69. The summed E-state index contributed by atoms with van der Waals surface area (Å²) in [6, 6.07) is 1.99. The minimum absolute atomic E-state index is 0.506. The van der Waals surface area contributed by atoms with Gasteiger partial charge in [0.15, 0.2) is 0 Å². The molecule has 0 spiro atoms. The summed E-state index contributed by atoms with van der Waals surface area (Å²) in [6.45, 7) is 7.36. The van der Waals surface area contributed by atoms with Crippen LogP contribution in [0.4, 0.5) is 0 Å². The first-order valence-corrected chi connectivity index (χ1v) is 8.20. The molecule has 1 saturated heterocycles. The van der Waals surface area contributed by atoms with Crippen molar-refractivity contribution < 1.29 is 9.26 Å². The number of aryl methyl sites for hydroxylation is 1. The topological polar surface area (TPSA) is 56.3 Å². The molecule has 0 N–H and O–H groups in total. The molecule has 2 aromatic heterocycles. The lowest BCUT2D eigenvalue weighted by Crippen LogP contribution is -2.27. The molecule has 0 atom stereocenters. The summed E-state index contributed by atoms with van der Waals surface area (Å²) < 4.78 is 12.9. The van der Waals surface area contributed by atoms with Crippen molar-refractivity contribution in [3.8, 4) is 0 Å². The quantitative estimate of drug-likeness (QED) is 0.872. The highest BCUT2D eigenvalue weighted by Gasteiger charge is 2.25. The van der Waals surface area contributed by atoms with Gasteiger partial charge in [-0.2, -0.15) is 0 Å². The van der Waals surface area contributed by atoms with E-state index < -0.39 is 0 Å². The van der Waals surface area contributed by atoms with Gasteiger partial charge in [-0.3, -0.25) is 0 Å². The van der Waals surface area contributed by atoms with E-state index in [2.05, 4.69) is 27.7 Å². The molecule has 4 rings (SSSR count). The smallest absolute Gasteiger partial charge is 0.133 e. The molecule has 122 valence electrons. The third-order valence-electron chi connectivity index (χ3n) is 4.69. The Morgan fingerprint density at radius 2 is 2.09 bits per heavy atom. The largest absolute Gasteiger partial charge is 0.381 e. The monoisotopic (exact) mass is 314 g/mol. The summed E-state index contributed by atoms with van der Waals surface area (Å²) >= 11 is 0. The van der Waals surface area contributed by atoms with Crippen molar-refractivity contribution in [3.63, 3.8) is 0 Å². The molecule has 2 aliphatic heterocycles. The number of imidazole rings is 1. The molecule has 1 fully saturated rings. The van der Waals surface area contributed by atoms with Crippen molar-refractivity contribution in [1.82, 2.24) is 19.6 Å². The van der Waals surface area contributed by atoms with Gasteiger partial charge in [-0.15, -0.1) is 0 Å². The molecule has 0 aromatic carbocycles. The molecule has 6 nitrogen and oxygen atoms in total. The number of ether oxygens (including phenoxy) is 1. The molecule has 0 amide bonds. The number of fused-ring (bicyclic) bond motifs is 1. The predicted molar refractivity (Wildman–Crippen MR) is 85.5 cm³/mol. The predicted octanol–water partition coefficient (Wildman–Crippen LogP) is 2.91. The van der Waals surface area contributed by atoms with Crippen LogP contribution in [0.1, 0.15) is 48.7 Å². The fourth-order valence-corrected chi connectivity index (χ4v) is 3.39. The standard InChI is InChI=1S/C17H22N4O2/c1-12-9-21-16(8-18-17(21)14-3-5-22-6-4-14)11-20(12)10-15-7-13(2)23-19-15/h7-9,14H,3-6,10-11H2,1-2H3. The van der Waals surface area contributed by atoms with Crippen molar-refractivity contribution in [1.29, 1.82) is 0 Å². The number of hydrogen-bond acceptors (Lipinski definition) is 5. The van der Waals surface area contributed by atoms with Gasteiger partial charge in [0.1, 0.15) is 17.3 Å². The van der Waals surface area contributed by atoms with Crippen LogP contribution in [0.5, 0.6) is 0 Å². The summed E-state index contributed by atoms with van der Waals surface area (Å²) in [5, 5.41) is 4.10. The maximum Gasteiger partial charge on any atom is 0.133 e. The van der Waals surface area contributed by atoms with Crippen LogP contribution < -0.4 is 0 Å². The van der Waals surface area contributed by atoms with Gasteiger partial charge in [0.2, 0.25) is 0 Å². The number of hydrogen-bond donors (Lipinski definition) is 0. The molecule has 2 aliphatic rings. The van der Waals surface area contributed by atoms with E-state index in [4.69, 9.17) is 14.2 Å². The van der Waals surface area contributed by atoms with E-state index in [1.165, 1.54) is 17.2 Å². The lowest BCUT2D eigenvalue weighted by Gasteiger charge is -2.30. The van der Waals surface area contributed by atoms with Gasteiger partial charge in [0.25, 0.3) is 0 Å². The molecule has 0 unspecified atom stereocenters. The number of allylic oxidation sites excluding steroid dienone is 1. The van der Waals surface area contributed by atoms with E-state index in [1.807, 2.05) is 19.2 Å². The average Bonchev–Trinajstić information content (AvgIpc) is 3.15. The van der Waals surface area contributed by atoms with Crippen molar-refractivity contribution in [2.45, 2.75) is 45.7 Å². The Morgan fingerprint density at radius 3 is 2.83 bits per heavy atom. The molecule has 23 heavy (non-hydrogen) atoms. The zero-order chi connectivity index (χ0) is 15.8. The zero-order valence-corrected chi connectivity index (χ0v) is 13.7. The van der Waals surface area contributed by atoms with Crippen molar-refractivity contribution >= 4 is 6.20 Å². The van der Waals surface area contributed by atoms with E-state index >= 15 is 0 Å². The molecule has 0 saturated carbocycles. The number of rotatable bonds is 3. The minimum atomic E-state index is 0.506. The third-order valence-corrected chi connectivity index (χ3v) is 4.69. The van der Waals surface area contributed by atoms with Crippen LogP contribution in [-0.4, -0.2) is 32.8 Å². The van der Waals surface area contributed by atoms with E-state index in [0.29, 0.717) is 5.92 Å². The normalized spacial score (nSPS) is 18.9. The van der Waals surface area contributed by atoms with Gasteiger partial charge < -0.3 is 18.7 Å². The highest BCUT2D eigenvalue weighted by molar-refractivity contribution is 5.38. The molecule has 2 aromatic rings. The zero-order valence-electron chi connectivity index (χ0n) is 13.7. The van der Waals surface area contributed by atoms with Gasteiger partial charge in [-0.1, -0.05) is 5.16 Å². The number of nitrogens with zero attached hydrogens (tertiary/aromatic N) is 4. The first-order valence-electron chi connectivity index (χ1n) is 8.20. The Morgan fingerprint density at radius 1 is 1.26 bits per heavy atom. The molecular formula is C17H22N4O2. The lowest BCUT2D eigenvalue weighted by molar-refractivity contribution is 0.0833. The summed E-state index contributed by atoms with van der Waals surface area (Å²) in [7, 11) is 0. The highest BCUT2D eigenvalue weighted by atomic mass is 16.5. The summed E-state index contributed by atoms with van der Waals surface area (Å²) in [6.07, 6.45) is 6.33. The van der Waals surface area contributed by atoms with Gasteiger partial charge in [0.05, 0.1) is 25.0 Å². The third kappa shape index (κ3) is 2.79. The molecule has 0 radical (unpaired) electrons. The second-order valence-corrected chi connectivity index (χ2v) is 6.42. The van der Waals surface area contributed by atoms with Gasteiger partial charge in [0, 0.05) is 37.1 Å². The first kappa shape index (κ1) is 14.5. The number of aromatic nitrogens is 3. The van der Waals surface area contributed by atoms with E-state index in [0.717, 1.165) is 50.6 Å². The van der Waals surface area contributed by atoms with E-state index in [9.17, 15) is 0 Å². The second kappa shape index (κ2) is 5.85. The van der Waals surface area contributed by atoms with Crippen LogP contribution in [0.2, 0.25) is 0 Å². The van der Waals surface area contributed by atoms with Crippen molar-refractivity contribution in [2.24, 2.45) is 0 Å². The van der Waals surface area contributed by atoms with Gasteiger partial charge in [-0.25, -0.2) is 4.98 Å². The summed E-state index contributed by atoms with van der Waals surface area (Å²) in [4.78, 5) is 7.01. The Bertz CT molecular complexity index is 725. The van der Waals surface area contributed by atoms with Crippen molar-refractivity contribution in [3.05, 3.63) is 40.9 Å². The SMILES string of the molecule is CC1=Cn2c(cnc2C2CCOCC2)CN1Cc1cc(C)on1. The van der Waals surface area contributed by atoms with E-state index in [-0.39, 0.29) is 0 Å². The lowest BCUT2D eigenvalue weighted by atomic mass is 9.99. The van der Waals surface area contributed by atoms with Crippen LogP contribution in [-0.2, 0) is 17.8 Å². The second-order valence-electron chi connectivity index (χ2n) is 6.42. The summed E-state index contributed by atoms with van der Waals surface area (Å²) in [5.41, 5.74) is 3.43. The van der Waals surface area contributed by atoms with Crippen molar-refractivity contribution in [2.75, 3.05) is 13.2 Å². The first-order chi connectivity index (χ1) is 11.2. The van der Waals surface area contributed by atoms with Crippen LogP contribution in [0.25, 0.3) is 6.20 Å². The maximum absolute atomic E-state index is 5.47. The fourth-order valence-electron chi connectivity index (χ4n) is 3.39. The minimum Gasteiger partial charge on any atom is -0.381 e. The van der Waals surface area contributed by atoms with E-state index in [1.54, 1.807) is 0 Å². The van der Waals surface area contributed by atoms with Crippen LogP contribution in [0, 0.1) is 6.92 Å².